The van der Waals surface area contributed by atoms with Crippen LogP contribution in [0.5, 0.6) is 5.75 Å². The monoisotopic (exact) mass is 392 g/mol. The smallest absolute Gasteiger partial charge is 0.308 e. The van der Waals surface area contributed by atoms with Gasteiger partial charge in [-0.2, -0.15) is 0 Å². The number of carboxylic acids is 1. The maximum Gasteiger partial charge on any atom is 0.308 e. The predicted molar refractivity (Wildman–Crippen MR) is 106 cm³/mol. The number of para-hydroxylation sites is 1. The van der Waals surface area contributed by atoms with E-state index in [0.717, 1.165) is 22.4 Å². The van der Waals surface area contributed by atoms with E-state index in [-0.39, 0.29) is 19.6 Å². The second-order valence-electron chi connectivity index (χ2n) is 7.04. The lowest BCUT2D eigenvalue weighted by Gasteiger charge is -2.24. The number of fused-ring (bicyclic) bond motifs is 1. The molecular weight excluding hydrogens is 372 g/mol. The van der Waals surface area contributed by atoms with Crippen molar-refractivity contribution in [3.63, 3.8) is 0 Å². The summed E-state index contributed by atoms with van der Waals surface area (Å²) < 4.78 is 5.74. The molecule has 0 unspecified atom stereocenters. The summed E-state index contributed by atoms with van der Waals surface area (Å²) >= 11 is 0. The van der Waals surface area contributed by atoms with Crippen molar-refractivity contribution in [3.05, 3.63) is 71.3 Å². The molecule has 0 spiro atoms. The quantitative estimate of drug-likeness (QED) is 0.788. The summed E-state index contributed by atoms with van der Waals surface area (Å²) in [4.78, 5) is 29.8. The van der Waals surface area contributed by atoms with Crippen molar-refractivity contribution in [1.29, 1.82) is 0 Å². The number of hydrogen-bond acceptors (Lipinski definition) is 5. The van der Waals surface area contributed by atoms with Crippen molar-refractivity contribution in [1.82, 2.24) is 5.32 Å². The molecule has 29 heavy (non-hydrogen) atoms. The van der Waals surface area contributed by atoms with Gasteiger partial charge in [-0.3, -0.25) is 9.59 Å². The summed E-state index contributed by atoms with van der Waals surface area (Å²) in [6.45, 7) is 0.562. The molecule has 7 heteroatoms. The van der Waals surface area contributed by atoms with Crippen LogP contribution < -0.4 is 10.1 Å². The number of amides is 1. The van der Waals surface area contributed by atoms with Crippen LogP contribution in [0.3, 0.4) is 0 Å². The van der Waals surface area contributed by atoms with Crippen LogP contribution in [0.4, 0.5) is 0 Å². The highest BCUT2D eigenvalue weighted by atomic mass is 16.7. The van der Waals surface area contributed by atoms with Gasteiger partial charge in [0.25, 0.3) is 5.91 Å². The number of oxime groups is 1. The van der Waals surface area contributed by atoms with Gasteiger partial charge in [0.05, 0.1) is 12.1 Å². The number of hydrogen-bond donors (Lipinski definition) is 2. The molecule has 0 fully saturated rings. The van der Waals surface area contributed by atoms with Gasteiger partial charge in [0.15, 0.2) is 0 Å². The molecule has 2 aromatic rings. The maximum absolute atomic E-state index is 12.9. The summed E-state index contributed by atoms with van der Waals surface area (Å²) in [6, 6.07) is 17.0. The molecular formula is C22H20N2O5. The third-order valence-corrected chi connectivity index (χ3v) is 4.93. The summed E-state index contributed by atoms with van der Waals surface area (Å²) in [5.41, 5.74) is 1.53. The van der Waals surface area contributed by atoms with Gasteiger partial charge in [-0.05, 0) is 17.7 Å². The minimum absolute atomic E-state index is 0.0667. The molecule has 0 aromatic heterocycles. The molecule has 7 nitrogen and oxygen atoms in total. The number of carboxylic acid groups (broad SMARTS) is 1. The normalized spacial score (nSPS) is 19.9. The Labute approximate surface area is 167 Å². The van der Waals surface area contributed by atoms with Crippen LogP contribution in [-0.4, -0.2) is 34.9 Å². The summed E-state index contributed by atoms with van der Waals surface area (Å²) in [5.74, 6) is -0.857. The fourth-order valence-electron chi connectivity index (χ4n) is 3.41. The zero-order chi connectivity index (χ0) is 20.3. The fraction of sp³-hybridized carbons (Fsp3) is 0.227. The number of nitrogens with one attached hydrogen (secondary N) is 1. The van der Waals surface area contributed by atoms with E-state index in [9.17, 15) is 14.7 Å². The zero-order valence-electron chi connectivity index (χ0n) is 15.6. The molecule has 4 rings (SSSR count). The van der Waals surface area contributed by atoms with Gasteiger partial charge in [-0.1, -0.05) is 53.7 Å². The number of aliphatic carboxylic acids is 1. The average Bonchev–Trinajstić information content (AvgIpc) is 3.17. The first-order valence-electron chi connectivity index (χ1n) is 9.28. The summed E-state index contributed by atoms with van der Waals surface area (Å²) in [7, 11) is 0. The zero-order valence-corrected chi connectivity index (χ0v) is 15.6. The second-order valence-corrected chi connectivity index (χ2v) is 7.04. The van der Waals surface area contributed by atoms with E-state index in [0.29, 0.717) is 5.71 Å². The van der Waals surface area contributed by atoms with Crippen LogP contribution >= 0.6 is 0 Å². The predicted octanol–water partition coefficient (Wildman–Crippen LogP) is 2.77. The number of ether oxygens (including phenoxy) is 1. The van der Waals surface area contributed by atoms with Crippen molar-refractivity contribution >= 4 is 23.7 Å². The Morgan fingerprint density at radius 3 is 2.66 bits per heavy atom. The van der Waals surface area contributed by atoms with E-state index in [1.54, 1.807) is 0 Å². The van der Waals surface area contributed by atoms with E-state index in [2.05, 4.69) is 10.5 Å². The van der Waals surface area contributed by atoms with Crippen molar-refractivity contribution in [3.8, 4) is 5.75 Å². The minimum atomic E-state index is -1.58. The van der Waals surface area contributed by atoms with Crippen LogP contribution in [-0.2, 0) is 21.0 Å². The van der Waals surface area contributed by atoms with Crippen molar-refractivity contribution in [2.24, 2.45) is 5.16 Å². The lowest BCUT2D eigenvalue weighted by molar-refractivity contribution is -0.156. The number of rotatable bonds is 6. The van der Waals surface area contributed by atoms with E-state index in [1.165, 1.54) is 0 Å². The Morgan fingerprint density at radius 2 is 1.86 bits per heavy atom. The lowest BCUT2D eigenvalue weighted by Crippen LogP contribution is -2.48. The molecule has 148 valence electrons. The molecule has 1 amide bonds. The van der Waals surface area contributed by atoms with Gasteiger partial charge in [0.2, 0.25) is 5.60 Å². The Balaban J connectivity index is 1.51. The van der Waals surface area contributed by atoms with E-state index in [4.69, 9.17) is 9.57 Å². The topological polar surface area (TPSA) is 97.2 Å². The molecule has 2 aliphatic heterocycles. The highest BCUT2D eigenvalue weighted by Gasteiger charge is 2.49. The van der Waals surface area contributed by atoms with E-state index >= 15 is 0 Å². The Kier molecular flexibility index (Phi) is 5.03. The summed E-state index contributed by atoms with van der Waals surface area (Å²) in [6.07, 6.45) is 1.52. The highest BCUT2D eigenvalue weighted by molar-refractivity contribution is 6.09. The molecule has 0 saturated heterocycles. The number of nitrogens with zero attached hydrogens (tertiary/aromatic N) is 1. The van der Waals surface area contributed by atoms with Gasteiger partial charge in [0.1, 0.15) is 12.4 Å². The molecule has 0 bridgehead atoms. The van der Waals surface area contributed by atoms with Crippen LogP contribution in [0.15, 0.2) is 65.3 Å². The van der Waals surface area contributed by atoms with Crippen LogP contribution in [0, 0.1) is 0 Å². The lowest BCUT2D eigenvalue weighted by atomic mass is 9.89. The molecule has 2 aromatic carbocycles. The van der Waals surface area contributed by atoms with Crippen LogP contribution in [0.25, 0.3) is 6.08 Å². The molecule has 0 radical (unpaired) electrons. The van der Waals surface area contributed by atoms with E-state index < -0.39 is 23.9 Å². The van der Waals surface area contributed by atoms with Gasteiger partial charge < -0.3 is 20.0 Å². The molecule has 2 heterocycles. The largest absolute Gasteiger partial charge is 0.488 e. The number of carbonyl (C=O) groups is 2. The van der Waals surface area contributed by atoms with Crippen molar-refractivity contribution in [2.75, 3.05) is 6.61 Å². The first-order chi connectivity index (χ1) is 14.1. The highest BCUT2D eigenvalue weighted by Crippen LogP contribution is 2.34. The maximum atomic E-state index is 12.9. The van der Waals surface area contributed by atoms with Gasteiger partial charge in [-0.25, -0.2) is 0 Å². The Hall–Kier alpha value is -3.61. The molecule has 1 atom stereocenters. The Bertz CT molecular complexity index is 999. The average molecular weight is 392 g/mol. The van der Waals surface area contributed by atoms with Gasteiger partial charge >= 0.3 is 5.97 Å². The van der Waals surface area contributed by atoms with Gasteiger partial charge in [0, 0.05) is 24.1 Å². The van der Waals surface area contributed by atoms with Crippen molar-refractivity contribution < 1.29 is 24.3 Å². The molecule has 0 aliphatic carbocycles. The first-order valence-corrected chi connectivity index (χ1v) is 9.28. The van der Waals surface area contributed by atoms with Crippen LogP contribution in [0.2, 0.25) is 0 Å². The third kappa shape index (κ3) is 3.99. The second kappa shape index (κ2) is 7.79. The standard InChI is InChI=1S/C22H20N2O5/c25-20(26)12-22(21(27)23-13-15-6-2-1-3-7-15)11-18(24-29-22)17-10-16-8-4-5-9-19(16)28-14-17/h1-10H,11-14H2,(H,23,27)(H,25,26)/t22-/m0/s1. The molecule has 2 N–H and O–H groups in total. The molecule has 0 saturated carbocycles. The van der Waals surface area contributed by atoms with Crippen molar-refractivity contribution in [2.45, 2.75) is 25.0 Å². The summed E-state index contributed by atoms with van der Waals surface area (Å²) in [5, 5.41) is 16.2. The molecule has 2 aliphatic rings. The minimum Gasteiger partial charge on any atom is -0.488 e. The van der Waals surface area contributed by atoms with E-state index in [1.807, 2.05) is 60.7 Å². The van der Waals surface area contributed by atoms with Crippen LogP contribution in [0.1, 0.15) is 24.0 Å². The SMILES string of the molecule is O=C(O)C[C@]1(C(=O)NCc2ccccc2)CC(C2=Cc3ccccc3OC2)=NO1. The number of benzene rings is 2. The van der Waals surface area contributed by atoms with Gasteiger partial charge in [-0.15, -0.1) is 0 Å². The Morgan fingerprint density at radius 1 is 1.10 bits per heavy atom. The first kappa shape index (κ1) is 18.7. The third-order valence-electron chi connectivity index (χ3n) is 4.93. The fourth-order valence-corrected chi connectivity index (χ4v) is 3.41. The number of carbonyl (C=O) groups excluding carboxylic acids is 1.